The van der Waals surface area contributed by atoms with Gasteiger partial charge in [0.15, 0.2) is 5.78 Å². The first-order valence-electron chi connectivity index (χ1n) is 4.82. The molecule has 0 aliphatic heterocycles. The van der Waals surface area contributed by atoms with Crippen LogP contribution in [0.1, 0.15) is 15.9 Å². The fraction of sp³-hybridized carbons (Fsp3) is 0. The third-order valence-electron chi connectivity index (χ3n) is 2.22. The van der Waals surface area contributed by atoms with E-state index < -0.39 is 5.82 Å². The van der Waals surface area contributed by atoms with Gasteiger partial charge in [0, 0.05) is 16.8 Å². The van der Waals surface area contributed by atoms with Crippen LogP contribution in [-0.4, -0.2) is 5.78 Å². The second-order valence-corrected chi connectivity index (χ2v) is 3.47. The van der Waals surface area contributed by atoms with Crippen LogP contribution in [0.5, 0.6) is 0 Å². The minimum atomic E-state index is -0.501. The van der Waals surface area contributed by atoms with Crippen molar-refractivity contribution in [2.24, 2.45) is 0 Å². The molecule has 3 heteroatoms. The molecule has 0 fully saturated rings. The smallest absolute Gasteiger partial charge is 0.193 e. The first-order chi connectivity index (χ1) is 7.66. The molecule has 16 heavy (non-hydrogen) atoms. The van der Waals surface area contributed by atoms with E-state index in [0.717, 1.165) is 0 Å². The summed E-state index contributed by atoms with van der Waals surface area (Å²) < 4.78 is 13.1. The summed E-state index contributed by atoms with van der Waals surface area (Å²) in [6, 6.07) is 12.5. The molecule has 0 radical (unpaired) electrons. The summed E-state index contributed by atoms with van der Waals surface area (Å²) in [7, 11) is 0. The first-order valence-corrected chi connectivity index (χ1v) is 4.82. The summed E-state index contributed by atoms with van der Waals surface area (Å²) in [5.41, 5.74) is 6.52. The summed E-state index contributed by atoms with van der Waals surface area (Å²) in [5.74, 6) is -0.730. The Morgan fingerprint density at radius 3 is 2.31 bits per heavy atom. The summed E-state index contributed by atoms with van der Waals surface area (Å²) >= 11 is 0. The van der Waals surface area contributed by atoms with Gasteiger partial charge in [0.2, 0.25) is 0 Å². The Balaban J connectivity index is 2.42. The molecule has 0 bridgehead atoms. The summed E-state index contributed by atoms with van der Waals surface area (Å²) in [5, 5.41) is 0. The Hall–Kier alpha value is -2.16. The molecule has 0 amide bonds. The Kier molecular flexibility index (Phi) is 2.68. The van der Waals surface area contributed by atoms with Gasteiger partial charge in [-0.2, -0.15) is 0 Å². The summed E-state index contributed by atoms with van der Waals surface area (Å²) in [6.07, 6.45) is 0. The maximum atomic E-state index is 13.1. The van der Waals surface area contributed by atoms with Crippen LogP contribution in [0.4, 0.5) is 10.1 Å². The lowest BCUT2D eigenvalue weighted by molar-refractivity contribution is 0.103. The number of benzene rings is 2. The highest BCUT2D eigenvalue weighted by Crippen LogP contribution is 2.15. The van der Waals surface area contributed by atoms with Crippen molar-refractivity contribution < 1.29 is 9.18 Å². The second-order valence-electron chi connectivity index (χ2n) is 3.47. The first kappa shape index (κ1) is 10.4. The van der Waals surface area contributed by atoms with Crippen LogP contribution in [0, 0.1) is 5.82 Å². The molecule has 0 saturated carbocycles. The van der Waals surface area contributed by atoms with Crippen molar-refractivity contribution in [1.29, 1.82) is 0 Å². The van der Waals surface area contributed by atoms with E-state index in [0.29, 0.717) is 5.56 Å². The van der Waals surface area contributed by atoms with Crippen LogP contribution in [0.3, 0.4) is 0 Å². The largest absolute Gasteiger partial charge is 0.399 e. The zero-order valence-electron chi connectivity index (χ0n) is 8.48. The lowest BCUT2D eigenvalue weighted by Gasteiger charge is -2.02. The van der Waals surface area contributed by atoms with Crippen molar-refractivity contribution in [1.82, 2.24) is 0 Å². The number of hydrogen-bond donors (Lipinski definition) is 1. The van der Waals surface area contributed by atoms with Crippen molar-refractivity contribution in [2.45, 2.75) is 0 Å². The van der Waals surface area contributed by atoms with E-state index in [2.05, 4.69) is 0 Å². The van der Waals surface area contributed by atoms with Gasteiger partial charge in [-0.25, -0.2) is 4.39 Å². The number of carbonyl (C=O) groups is 1. The monoisotopic (exact) mass is 215 g/mol. The van der Waals surface area contributed by atoms with Crippen LogP contribution in [-0.2, 0) is 0 Å². The van der Waals surface area contributed by atoms with E-state index in [-0.39, 0.29) is 17.0 Å². The zero-order valence-corrected chi connectivity index (χ0v) is 8.48. The fourth-order valence-electron chi connectivity index (χ4n) is 1.50. The highest BCUT2D eigenvalue weighted by Gasteiger charge is 2.10. The molecule has 0 unspecified atom stereocenters. The molecule has 0 aromatic heterocycles. The van der Waals surface area contributed by atoms with E-state index in [9.17, 15) is 9.18 Å². The van der Waals surface area contributed by atoms with E-state index in [1.807, 2.05) is 6.07 Å². The molecule has 2 rings (SSSR count). The average Bonchev–Trinajstić information content (AvgIpc) is 2.28. The van der Waals surface area contributed by atoms with E-state index >= 15 is 0 Å². The third-order valence-corrected chi connectivity index (χ3v) is 2.22. The number of carbonyl (C=O) groups excluding carboxylic acids is 1. The number of rotatable bonds is 2. The molecule has 2 N–H and O–H groups in total. The third kappa shape index (κ3) is 2.08. The van der Waals surface area contributed by atoms with E-state index in [4.69, 9.17) is 5.73 Å². The van der Waals surface area contributed by atoms with Crippen LogP contribution < -0.4 is 5.73 Å². The molecule has 0 aliphatic carbocycles. The van der Waals surface area contributed by atoms with Gasteiger partial charge in [0.1, 0.15) is 5.82 Å². The van der Waals surface area contributed by atoms with E-state index in [1.165, 1.54) is 18.2 Å². The minimum Gasteiger partial charge on any atom is -0.399 e. The number of ketones is 1. The molecular weight excluding hydrogens is 205 g/mol. The molecule has 0 heterocycles. The molecule has 80 valence electrons. The number of hydrogen-bond acceptors (Lipinski definition) is 2. The second kappa shape index (κ2) is 4.14. The predicted molar refractivity (Wildman–Crippen MR) is 60.7 cm³/mol. The molecule has 0 saturated heterocycles. The van der Waals surface area contributed by atoms with Crippen molar-refractivity contribution in [3.05, 3.63) is 65.5 Å². The van der Waals surface area contributed by atoms with Crippen LogP contribution >= 0.6 is 0 Å². The Labute approximate surface area is 92.5 Å². The van der Waals surface area contributed by atoms with Crippen molar-refractivity contribution in [2.75, 3.05) is 5.73 Å². The SMILES string of the molecule is Nc1cc(F)cc(C(=O)c2ccccc2)c1. The van der Waals surface area contributed by atoms with Gasteiger partial charge in [-0.15, -0.1) is 0 Å². The fourth-order valence-corrected chi connectivity index (χ4v) is 1.50. The zero-order chi connectivity index (χ0) is 11.5. The van der Waals surface area contributed by atoms with Gasteiger partial charge in [-0.05, 0) is 18.2 Å². The van der Waals surface area contributed by atoms with Crippen molar-refractivity contribution in [3.63, 3.8) is 0 Å². The molecular formula is C13H10FNO. The quantitative estimate of drug-likeness (QED) is 0.618. The molecule has 0 aliphatic rings. The average molecular weight is 215 g/mol. The summed E-state index contributed by atoms with van der Waals surface area (Å²) in [4.78, 5) is 11.9. The number of nitrogens with two attached hydrogens (primary N) is 1. The number of halogens is 1. The molecule has 2 aromatic rings. The highest BCUT2D eigenvalue weighted by atomic mass is 19.1. The van der Waals surface area contributed by atoms with E-state index in [1.54, 1.807) is 24.3 Å². The lowest BCUT2D eigenvalue weighted by Crippen LogP contribution is -2.02. The molecule has 2 aromatic carbocycles. The van der Waals surface area contributed by atoms with Crippen molar-refractivity contribution >= 4 is 11.5 Å². The Morgan fingerprint density at radius 1 is 1.00 bits per heavy atom. The molecule has 0 atom stereocenters. The molecule has 2 nitrogen and oxygen atoms in total. The number of nitrogen functional groups attached to an aromatic ring is 1. The van der Waals surface area contributed by atoms with Gasteiger partial charge >= 0.3 is 0 Å². The predicted octanol–water partition coefficient (Wildman–Crippen LogP) is 2.64. The van der Waals surface area contributed by atoms with Gasteiger partial charge in [-0.3, -0.25) is 4.79 Å². The maximum Gasteiger partial charge on any atom is 0.193 e. The van der Waals surface area contributed by atoms with Crippen molar-refractivity contribution in [3.8, 4) is 0 Å². The van der Waals surface area contributed by atoms with Crippen LogP contribution in [0.25, 0.3) is 0 Å². The van der Waals surface area contributed by atoms with Crippen LogP contribution in [0.2, 0.25) is 0 Å². The number of anilines is 1. The maximum absolute atomic E-state index is 13.1. The minimum absolute atomic E-state index is 0.230. The lowest BCUT2D eigenvalue weighted by atomic mass is 10.0. The standard InChI is InChI=1S/C13H10FNO/c14-11-6-10(7-12(15)8-11)13(16)9-4-2-1-3-5-9/h1-8H,15H2. The van der Waals surface area contributed by atoms with Gasteiger partial charge in [0.05, 0.1) is 0 Å². The summed E-state index contributed by atoms with van der Waals surface area (Å²) in [6.45, 7) is 0. The molecule has 0 spiro atoms. The van der Waals surface area contributed by atoms with Gasteiger partial charge < -0.3 is 5.73 Å². The van der Waals surface area contributed by atoms with Gasteiger partial charge in [-0.1, -0.05) is 30.3 Å². The van der Waals surface area contributed by atoms with Gasteiger partial charge in [0.25, 0.3) is 0 Å². The topological polar surface area (TPSA) is 43.1 Å². The Morgan fingerprint density at radius 2 is 1.69 bits per heavy atom. The normalized spacial score (nSPS) is 10.1. The van der Waals surface area contributed by atoms with Crippen LogP contribution in [0.15, 0.2) is 48.5 Å². The Bertz CT molecular complexity index is 502. The highest BCUT2D eigenvalue weighted by molar-refractivity contribution is 6.09.